The number of alkyl halides is 1. The van der Waals surface area contributed by atoms with Crippen LogP contribution in [-0.2, 0) is 10.0 Å². The lowest BCUT2D eigenvalue weighted by molar-refractivity contribution is 0.354. The van der Waals surface area contributed by atoms with Gasteiger partial charge >= 0.3 is 0 Å². The van der Waals surface area contributed by atoms with Crippen molar-refractivity contribution in [3.05, 3.63) is 29.1 Å². The van der Waals surface area contributed by atoms with Gasteiger partial charge in [0.2, 0.25) is 10.0 Å². The quantitative estimate of drug-likeness (QED) is 0.783. The highest BCUT2D eigenvalue weighted by Crippen LogP contribution is 2.24. The molecule has 0 atom stereocenters. The third-order valence-electron chi connectivity index (χ3n) is 3.21. The van der Waals surface area contributed by atoms with E-state index in [1.165, 1.54) is 12.1 Å². The van der Waals surface area contributed by atoms with Crippen LogP contribution in [-0.4, -0.2) is 20.3 Å². The van der Waals surface area contributed by atoms with E-state index in [2.05, 4.69) is 20.7 Å². The Morgan fingerprint density at radius 1 is 1.25 bits per heavy atom. The summed E-state index contributed by atoms with van der Waals surface area (Å²) in [5.41, 5.74) is 0.708. The normalized spacial score (nSPS) is 12.7. The molecule has 1 rings (SSSR count). The molecule has 3 nitrogen and oxygen atoms in total. The van der Waals surface area contributed by atoms with Crippen molar-refractivity contribution in [3.8, 4) is 0 Å². The number of rotatable bonds is 6. The molecule has 1 aromatic carbocycles. The lowest BCUT2D eigenvalue weighted by Crippen LogP contribution is -2.35. The molecule has 0 aliphatic heterocycles. The smallest absolute Gasteiger partial charge is 0.211 e. The predicted octanol–water partition coefficient (Wildman–Crippen LogP) is 3.53. The molecular weight excluding hydrogens is 345 g/mol. The summed E-state index contributed by atoms with van der Waals surface area (Å²) >= 11 is 3.36. The lowest BCUT2D eigenvalue weighted by Gasteiger charge is -2.24. The molecule has 6 heteroatoms. The van der Waals surface area contributed by atoms with Crippen LogP contribution < -0.4 is 4.72 Å². The molecule has 114 valence electrons. The Bertz CT molecular complexity index is 562. The fourth-order valence-corrected chi connectivity index (χ4v) is 4.79. The lowest BCUT2D eigenvalue weighted by atomic mass is 9.91. The van der Waals surface area contributed by atoms with Crippen molar-refractivity contribution >= 4 is 26.0 Å². The number of benzene rings is 1. The Balaban J connectivity index is 3.01. The molecule has 0 saturated heterocycles. The van der Waals surface area contributed by atoms with Gasteiger partial charge in [0.1, 0.15) is 5.82 Å². The minimum Gasteiger partial charge on any atom is -0.211 e. The number of nitrogens with one attached hydrogen (secondary N) is 1. The first-order chi connectivity index (χ1) is 9.09. The Labute approximate surface area is 129 Å². The van der Waals surface area contributed by atoms with E-state index in [0.29, 0.717) is 17.7 Å². The van der Waals surface area contributed by atoms with Crippen LogP contribution in [0.5, 0.6) is 0 Å². The minimum absolute atomic E-state index is 0.140. The standard InChI is InChI=1S/C14H21BrFNO2S/c1-10-7-12(16)8-11(2)13(10)20(18,19)17-9-14(3,4)5-6-15/h7-8,17H,5-6,9H2,1-4H3. The Morgan fingerprint density at radius 2 is 1.75 bits per heavy atom. The van der Waals surface area contributed by atoms with Crippen LogP contribution >= 0.6 is 15.9 Å². The van der Waals surface area contributed by atoms with Crippen LogP contribution in [0.15, 0.2) is 17.0 Å². The van der Waals surface area contributed by atoms with Crippen molar-refractivity contribution in [3.63, 3.8) is 0 Å². The average molecular weight is 366 g/mol. The molecule has 0 amide bonds. The molecular formula is C14H21BrFNO2S. The number of sulfonamides is 1. The van der Waals surface area contributed by atoms with E-state index in [1.807, 2.05) is 13.8 Å². The van der Waals surface area contributed by atoms with Gasteiger partial charge in [0, 0.05) is 11.9 Å². The van der Waals surface area contributed by atoms with Gasteiger partial charge in [-0.3, -0.25) is 0 Å². The highest BCUT2D eigenvalue weighted by molar-refractivity contribution is 9.09. The summed E-state index contributed by atoms with van der Waals surface area (Å²) < 4.78 is 40.7. The molecule has 0 bridgehead atoms. The van der Waals surface area contributed by atoms with Crippen LogP contribution in [0.4, 0.5) is 4.39 Å². The molecule has 0 aliphatic rings. The summed E-state index contributed by atoms with van der Waals surface area (Å²) in [6.07, 6.45) is 0.858. The monoisotopic (exact) mass is 365 g/mol. The zero-order valence-electron chi connectivity index (χ0n) is 12.3. The molecule has 0 aliphatic carbocycles. The average Bonchev–Trinajstić information content (AvgIpc) is 2.24. The van der Waals surface area contributed by atoms with Gasteiger partial charge in [-0.1, -0.05) is 29.8 Å². The molecule has 0 heterocycles. The van der Waals surface area contributed by atoms with E-state index in [9.17, 15) is 12.8 Å². The summed E-state index contributed by atoms with van der Waals surface area (Å²) in [6, 6.07) is 2.48. The molecule has 0 saturated carbocycles. The van der Waals surface area contributed by atoms with Crippen molar-refractivity contribution in [1.82, 2.24) is 4.72 Å². The van der Waals surface area contributed by atoms with Gasteiger partial charge < -0.3 is 0 Å². The van der Waals surface area contributed by atoms with E-state index in [1.54, 1.807) is 13.8 Å². The van der Waals surface area contributed by atoms with Crippen molar-refractivity contribution in [2.75, 3.05) is 11.9 Å². The highest BCUT2D eigenvalue weighted by atomic mass is 79.9. The summed E-state index contributed by atoms with van der Waals surface area (Å²) in [4.78, 5) is 0.175. The fraction of sp³-hybridized carbons (Fsp3) is 0.571. The molecule has 0 radical (unpaired) electrons. The summed E-state index contributed by atoms with van der Waals surface area (Å²) in [5.74, 6) is -0.418. The number of hydrogen-bond donors (Lipinski definition) is 1. The summed E-state index contributed by atoms with van der Waals surface area (Å²) in [7, 11) is -3.62. The van der Waals surface area contributed by atoms with E-state index < -0.39 is 15.8 Å². The van der Waals surface area contributed by atoms with Gasteiger partial charge in [0.15, 0.2) is 0 Å². The minimum atomic E-state index is -3.62. The topological polar surface area (TPSA) is 46.2 Å². The molecule has 0 unspecified atom stereocenters. The summed E-state index contributed by atoms with van der Waals surface area (Å²) in [5, 5.41) is 0.816. The molecule has 0 fully saturated rings. The largest absolute Gasteiger partial charge is 0.241 e. The van der Waals surface area contributed by atoms with Gasteiger partial charge in [-0.05, 0) is 48.9 Å². The van der Waals surface area contributed by atoms with E-state index in [4.69, 9.17) is 0 Å². The van der Waals surface area contributed by atoms with Crippen LogP contribution in [0, 0.1) is 25.1 Å². The Morgan fingerprint density at radius 3 is 2.20 bits per heavy atom. The van der Waals surface area contributed by atoms with Gasteiger partial charge in [-0.15, -0.1) is 0 Å². The van der Waals surface area contributed by atoms with Gasteiger partial charge in [0.25, 0.3) is 0 Å². The van der Waals surface area contributed by atoms with Crippen molar-refractivity contribution < 1.29 is 12.8 Å². The summed E-state index contributed by atoms with van der Waals surface area (Å²) in [6.45, 7) is 7.56. The first kappa shape index (κ1) is 17.6. The second-order valence-electron chi connectivity index (χ2n) is 5.80. The third-order valence-corrected chi connectivity index (χ3v) is 5.31. The predicted molar refractivity (Wildman–Crippen MR) is 83.3 cm³/mol. The Hall–Kier alpha value is -0.460. The number of aryl methyl sites for hydroxylation is 2. The van der Waals surface area contributed by atoms with Crippen molar-refractivity contribution in [2.45, 2.75) is 39.0 Å². The second kappa shape index (κ2) is 6.54. The zero-order chi connectivity index (χ0) is 15.6. The van der Waals surface area contributed by atoms with Gasteiger partial charge in [-0.2, -0.15) is 0 Å². The van der Waals surface area contributed by atoms with Crippen LogP contribution in [0.1, 0.15) is 31.4 Å². The number of hydrogen-bond acceptors (Lipinski definition) is 2. The first-order valence-corrected chi connectivity index (χ1v) is 9.02. The molecule has 1 aromatic rings. The molecule has 20 heavy (non-hydrogen) atoms. The highest BCUT2D eigenvalue weighted by Gasteiger charge is 2.24. The molecule has 0 spiro atoms. The van der Waals surface area contributed by atoms with E-state index in [0.717, 1.165) is 11.8 Å². The van der Waals surface area contributed by atoms with Gasteiger partial charge in [0.05, 0.1) is 4.90 Å². The fourth-order valence-electron chi connectivity index (χ4n) is 2.03. The maximum absolute atomic E-state index is 13.3. The van der Waals surface area contributed by atoms with Crippen molar-refractivity contribution in [2.24, 2.45) is 5.41 Å². The van der Waals surface area contributed by atoms with Crippen LogP contribution in [0.2, 0.25) is 0 Å². The molecule has 0 aromatic heterocycles. The maximum Gasteiger partial charge on any atom is 0.241 e. The van der Waals surface area contributed by atoms with Crippen LogP contribution in [0.25, 0.3) is 0 Å². The van der Waals surface area contributed by atoms with E-state index >= 15 is 0 Å². The first-order valence-electron chi connectivity index (χ1n) is 6.41. The Kier molecular flexibility index (Phi) is 5.75. The second-order valence-corrected chi connectivity index (χ2v) is 8.29. The van der Waals surface area contributed by atoms with E-state index in [-0.39, 0.29) is 10.3 Å². The molecule has 1 N–H and O–H groups in total. The zero-order valence-corrected chi connectivity index (χ0v) is 14.7. The third kappa shape index (κ3) is 4.53. The number of halogens is 2. The maximum atomic E-state index is 13.3. The van der Waals surface area contributed by atoms with Crippen molar-refractivity contribution in [1.29, 1.82) is 0 Å². The van der Waals surface area contributed by atoms with Gasteiger partial charge in [-0.25, -0.2) is 17.5 Å². The van der Waals surface area contributed by atoms with Crippen LogP contribution in [0.3, 0.4) is 0 Å². The SMILES string of the molecule is Cc1cc(F)cc(C)c1S(=O)(=O)NCC(C)(C)CCBr.